The molecule has 0 unspecified atom stereocenters. The van der Waals surface area contributed by atoms with Crippen LogP contribution < -0.4 is 10.6 Å². The van der Waals surface area contributed by atoms with Gasteiger partial charge < -0.3 is 19.9 Å². The van der Waals surface area contributed by atoms with Crippen molar-refractivity contribution in [2.45, 2.75) is 18.6 Å². The van der Waals surface area contributed by atoms with Gasteiger partial charge in [0.15, 0.2) is 5.82 Å². The second-order valence-electron chi connectivity index (χ2n) is 5.93. The number of thioether (sulfide) groups is 1. The molecule has 27 heavy (non-hydrogen) atoms. The molecule has 0 radical (unpaired) electrons. The monoisotopic (exact) mass is 387 g/mol. The van der Waals surface area contributed by atoms with E-state index >= 15 is 0 Å². The summed E-state index contributed by atoms with van der Waals surface area (Å²) in [6.45, 7) is 2.28. The van der Waals surface area contributed by atoms with Crippen LogP contribution in [0.1, 0.15) is 11.5 Å². The number of hydrogen-bond acceptors (Lipinski definition) is 7. The third-order valence-electron chi connectivity index (χ3n) is 3.95. The van der Waals surface area contributed by atoms with Gasteiger partial charge in [0.1, 0.15) is 17.3 Å². The van der Waals surface area contributed by atoms with Crippen molar-refractivity contribution in [1.82, 2.24) is 19.8 Å². The van der Waals surface area contributed by atoms with Gasteiger partial charge in [-0.2, -0.15) is 0 Å². The van der Waals surface area contributed by atoms with Crippen LogP contribution in [0.15, 0.2) is 46.0 Å². The largest absolute Gasteiger partial charge is 0.496 e. The quantitative estimate of drug-likeness (QED) is 0.490. The summed E-state index contributed by atoms with van der Waals surface area (Å²) in [5.41, 5.74) is 0.735. The number of nitrogens with zero attached hydrogens (tertiary/aromatic N) is 4. The van der Waals surface area contributed by atoms with Gasteiger partial charge in [-0.05, 0) is 31.2 Å². The Hall–Kier alpha value is -2.94. The van der Waals surface area contributed by atoms with E-state index in [0.717, 1.165) is 17.1 Å². The number of hydrogen-bond donors (Lipinski definition) is 1. The molecule has 2 heterocycles. The van der Waals surface area contributed by atoms with Gasteiger partial charge in [-0.1, -0.05) is 23.9 Å². The fourth-order valence-electron chi connectivity index (χ4n) is 2.52. The van der Waals surface area contributed by atoms with Crippen molar-refractivity contribution in [1.29, 1.82) is 0 Å². The van der Waals surface area contributed by atoms with E-state index in [2.05, 4.69) is 10.2 Å². The lowest BCUT2D eigenvalue weighted by atomic mass is 10.2. The van der Waals surface area contributed by atoms with Gasteiger partial charge in [0, 0.05) is 7.05 Å². The highest BCUT2D eigenvalue weighted by Crippen LogP contribution is 2.29. The minimum atomic E-state index is -0.0594. The third-order valence-corrected chi connectivity index (χ3v) is 4.88. The molecule has 0 spiro atoms. The Labute approximate surface area is 161 Å². The highest BCUT2D eigenvalue weighted by atomic mass is 32.2. The van der Waals surface area contributed by atoms with Crippen LogP contribution >= 0.6 is 11.8 Å². The SMILES string of the molecule is COc1ccccc1-c1nnc(SCC(=O)N(C)Cc2ccc(C)o2)n1N. The number of para-hydroxylation sites is 1. The number of nitrogen functional groups attached to an aromatic ring is 1. The molecule has 3 rings (SSSR count). The van der Waals surface area contributed by atoms with Crippen LogP contribution in [0.2, 0.25) is 0 Å². The smallest absolute Gasteiger partial charge is 0.233 e. The van der Waals surface area contributed by atoms with E-state index in [9.17, 15) is 4.79 Å². The Morgan fingerprint density at radius 2 is 2.07 bits per heavy atom. The fourth-order valence-corrected chi connectivity index (χ4v) is 3.31. The number of nitrogens with two attached hydrogens (primary N) is 1. The lowest BCUT2D eigenvalue weighted by Gasteiger charge is -2.15. The predicted octanol–water partition coefficient (Wildman–Crippen LogP) is 2.32. The summed E-state index contributed by atoms with van der Waals surface area (Å²) in [5.74, 6) is 8.94. The van der Waals surface area contributed by atoms with E-state index in [0.29, 0.717) is 23.3 Å². The van der Waals surface area contributed by atoms with Crippen LogP contribution in [0.5, 0.6) is 5.75 Å². The van der Waals surface area contributed by atoms with Crippen LogP contribution in [0.25, 0.3) is 11.4 Å². The third kappa shape index (κ3) is 4.25. The topological polar surface area (TPSA) is 99.4 Å². The van der Waals surface area contributed by atoms with Crippen molar-refractivity contribution in [3.63, 3.8) is 0 Å². The first kappa shape index (κ1) is 18.8. The van der Waals surface area contributed by atoms with Gasteiger partial charge in [0.05, 0.1) is 25.0 Å². The molecule has 1 amide bonds. The van der Waals surface area contributed by atoms with Crippen LogP contribution in [0.3, 0.4) is 0 Å². The zero-order chi connectivity index (χ0) is 19.4. The number of furan rings is 1. The minimum absolute atomic E-state index is 0.0594. The number of benzene rings is 1. The van der Waals surface area contributed by atoms with Gasteiger partial charge in [0.25, 0.3) is 0 Å². The number of aromatic nitrogens is 3. The van der Waals surface area contributed by atoms with Gasteiger partial charge in [0.2, 0.25) is 11.1 Å². The number of carbonyl (C=O) groups excluding carboxylic acids is 1. The van der Waals surface area contributed by atoms with E-state index in [4.69, 9.17) is 15.0 Å². The molecule has 0 aliphatic rings. The molecule has 9 heteroatoms. The summed E-state index contributed by atoms with van der Waals surface area (Å²) in [4.78, 5) is 14.0. The number of carbonyl (C=O) groups is 1. The van der Waals surface area contributed by atoms with E-state index in [1.54, 1.807) is 19.1 Å². The fraction of sp³-hybridized carbons (Fsp3) is 0.278. The second-order valence-corrected chi connectivity index (χ2v) is 6.87. The first-order chi connectivity index (χ1) is 13.0. The molecule has 8 nitrogen and oxygen atoms in total. The molecule has 2 N–H and O–H groups in total. The normalized spacial score (nSPS) is 10.8. The van der Waals surface area contributed by atoms with Crippen molar-refractivity contribution in [3.05, 3.63) is 47.9 Å². The number of amides is 1. The maximum atomic E-state index is 12.4. The van der Waals surface area contributed by atoms with Gasteiger partial charge >= 0.3 is 0 Å². The van der Waals surface area contributed by atoms with E-state index in [1.165, 1.54) is 16.4 Å². The van der Waals surface area contributed by atoms with Crippen molar-refractivity contribution in [2.75, 3.05) is 25.8 Å². The van der Waals surface area contributed by atoms with Crippen molar-refractivity contribution in [3.8, 4) is 17.1 Å². The molecule has 0 bridgehead atoms. The summed E-state index contributed by atoms with van der Waals surface area (Å²) in [5, 5.41) is 8.68. The molecule has 0 aliphatic carbocycles. The number of methoxy groups -OCH3 is 1. The summed E-state index contributed by atoms with van der Waals surface area (Å²) >= 11 is 1.23. The predicted molar refractivity (Wildman–Crippen MR) is 103 cm³/mol. The Balaban J connectivity index is 1.65. The first-order valence-electron chi connectivity index (χ1n) is 8.25. The molecule has 0 fully saturated rings. The van der Waals surface area contributed by atoms with E-state index < -0.39 is 0 Å². The Morgan fingerprint density at radius 3 is 2.78 bits per heavy atom. The lowest BCUT2D eigenvalue weighted by Crippen LogP contribution is -2.27. The Morgan fingerprint density at radius 1 is 1.30 bits per heavy atom. The highest BCUT2D eigenvalue weighted by Gasteiger charge is 2.18. The Bertz CT molecular complexity index is 937. The molecule has 0 aliphatic heterocycles. The maximum Gasteiger partial charge on any atom is 0.233 e. The van der Waals surface area contributed by atoms with Gasteiger partial charge in [-0.3, -0.25) is 4.79 Å². The van der Waals surface area contributed by atoms with Crippen molar-refractivity contribution >= 4 is 17.7 Å². The molecule has 3 aromatic rings. The number of ether oxygens (including phenoxy) is 1. The van der Waals surface area contributed by atoms with Crippen LogP contribution in [-0.4, -0.2) is 45.6 Å². The number of rotatable bonds is 7. The number of aryl methyl sites for hydroxylation is 1. The standard InChI is InChI=1S/C18H21N5O3S/c1-12-8-9-13(26-12)10-22(2)16(24)11-27-18-21-20-17(23(18)19)14-6-4-5-7-15(14)25-3/h4-9H,10-11,19H2,1-3H3. The highest BCUT2D eigenvalue weighted by molar-refractivity contribution is 7.99. The van der Waals surface area contributed by atoms with Crippen LogP contribution in [0, 0.1) is 6.92 Å². The second kappa shape index (κ2) is 8.17. The van der Waals surface area contributed by atoms with Crippen molar-refractivity contribution < 1.29 is 13.9 Å². The average molecular weight is 387 g/mol. The molecule has 0 atom stereocenters. The molecule has 0 saturated heterocycles. The first-order valence-corrected chi connectivity index (χ1v) is 9.24. The Kier molecular flexibility index (Phi) is 5.70. The van der Waals surface area contributed by atoms with Gasteiger partial charge in [-0.15, -0.1) is 10.2 Å². The van der Waals surface area contributed by atoms with Crippen LogP contribution in [0.4, 0.5) is 0 Å². The van der Waals surface area contributed by atoms with E-state index in [-0.39, 0.29) is 11.7 Å². The minimum Gasteiger partial charge on any atom is -0.496 e. The summed E-state index contributed by atoms with van der Waals surface area (Å²) in [7, 11) is 3.31. The summed E-state index contributed by atoms with van der Waals surface area (Å²) in [6, 6.07) is 11.1. The average Bonchev–Trinajstić information content (AvgIpc) is 3.24. The molecular formula is C18H21N5O3S. The molecular weight excluding hydrogens is 366 g/mol. The summed E-state index contributed by atoms with van der Waals surface area (Å²) in [6.07, 6.45) is 0. The lowest BCUT2D eigenvalue weighted by molar-refractivity contribution is -0.127. The molecule has 2 aromatic heterocycles. The zero-order valence-corrected chi connectivity index (χ0v) is 16.2. The molecule has 142 valence electrons. The summed E-state index contributed by atoms with van der Waals surface area (Å²) < 4.78 is 12.2. The maximum absolute atomic E-state index is 12.4. The van der Waals surface area contributed by atoms with E-state index in [1.807, 2.05) is 43.3 Å². The van der Waals surface area contributed by atoms with Gasteiger partial charge in [-0.25, -0.2) is 4.68 Å². The molecule has 1 aromatic carbocycles. The molecule has 0 saturated carbocycles. The van der Waals surface area contributed by atoms with Crippen molar-refractivity contribution in [2.24, 2.45) is 0 Å². The van der Waals surface area contributed by atoms with Crippen LogP contribution in [-0.2, 0) is 11.3 Å². The zero-order valence-electron chi connectivity index (χ0n) is 15.4.